The molecule has 2 saturated carbocycles. The monoisotopic (exact) mass is 416 g/mol. The second-order valence-electron chi connectivity index (χ2n) is 8.21. The molecule has 2 aliphatic rings. The van der Waals surface area contributed by atoms with Crippen molar-refractivity contribution in [2.45, 2.75) is 43.5 Å². The molecular formula is C22H25FN2O3S. The van der Waals surface area contributed by atoms with Crippen LogP contribution < -0.4 is 10.0 Å². The minimum Gasteiger partial charge on any atom is -0.349 e. The maximum Gasteiger partial charge on any atom is 0.261 e. The standard InChI is InChI=1S/C22H25FN2O3S/c1-14(20-13-15-6-7-16(20)12-15)24-22(26)19-4-2-3-5-21(19)25-29(27,28)18-10-8-17(23)9-11-18/h2-5,8-11,14-16,20,25H,6-7,12-13H2,1H3,(H,24,26)/t14-,15+,16+,20+/m0/s1. The SMILES string of the molecule is C[C@H](NC(=O)c1ccccc1NS(=O)(=O)c1ccc(F)cc1)[C@H]1C[C@@H]2CC[C@@H]1C2. The van der Waals surface area contributed by atoms with Gasteiger partial charge >= 0.3 is 0 Å². The number of nitrogens with one attached hydrogen (secondary N) is 2. The van der Waals surface area contributed by atoms with Gasteiger partial charge < -0.3 is 5.32 Å². The third kappa shape index (κ3) is 4.15. The molecule has 4 rings (SSSR count). The topological polar surface area (TPSA) is 75.3 Å². The maximum atomic E-state index is 13.1. The highest BCUT2D eigenvalue weighted by atomic mass is 32.2. The number of halogens is 1. The lowest BCUT2D eigenvalue weighted by molar-refractivity contribution is 0.0916. The first-order chi connectivity index (χ1) is 13.8. The van der Waals surface area contributed by atoms with E-state index in [2.05, 4.69) is 10.0 Å². The van der Waals surface area contributed by atoms with Crippen molar-refractivity contribution in [1.82, 2.24) is 5.32 Å². The molecule has 2 aliphatic carbocycles. The number of anilines is 1. The zero-order valence-corrected chi connectivity index (χ0v) is 17.1. The van der Waals surface area contributed by atoms with E-state index < -0.39 is 15.8 Å². The summed E-state index contributed by atoms with van der Waals surface area (Å²) >= 11 is 0. The van der Waals surface area contributed by atoms with Gasteiger partial charge in [-0.3, -0.25) is 9.52 Å². The van der Waals surface area contributed by atoms with Crippen molar-refractivity contribution in [2.24, 2.45) is 17.8 Å². The number of amides is 1. The van der Waals surface area contributed by atoms with Gasteiger partial charge in [-0.2, -0.15) is 0 Å². The smallest absolute Gasteiger partial charge is 0.261 e. The molecule has 2 aromatic rings. The number of benzene rings is 2. The van der Waals surface area contributed by atoms with Crippen molar-refractivity contribution in [2.75, 3.05) is 4.72 Å². The van der Waals surface area contributed by atoms with E-state index in [-0.39, 0.29) is 28.1 Å². The van der Waals surface area contributed by atoms with Gasteiger partial charge in [-0.15, -0.1) is 0 Å². The van der Waals surface area contributed by atoms with E-state index >= 15 is 0 Å². The Morgan fingerprint density at radius 2 is 1.79 bits per heavy atom. The Bertz CT molecular complexity index is 1010. The lowest BCUT2D eigenvalue weighted by atomic mass is 9.84. The zero-order chi connectivity index (χ0) is 20.6. The fourth-order valence-electron chi connectivity index (χ4n) is 4.89. The fourth-order valence-corrected chi connectivity index (χ4v) is 5.97. The first-order valence-electron chi connectivity index (χ1n) is 10.0. The highest BCUT2D eigenvalue weighted by Crippen LogP contribution is 2.49. The van der Waals surface area contributed by atoms with E-state index in [9.17, 15) is 17.6 Å². The van der Waals surface area contributed by atoms with Gasteiger partial charge in [0.15, 0.2) is 0 Å². The Morgan fingerprint density at radius 3 is 2.45 bits per heavy atom. The van der Waals surface area contributed by atoms with Gasteiger partial charge in [0.1, 0.15) is 5.82 Å². The molecule has 0 radical (unpaired) electrons. The van der Waals surface area contributed by atoms with Crippen LogP contribution in [0.5, 0.6) is 0 Å². The predicted molar refractivity (Wildman–Crippen MR) is 110 cm³/mol. The van der Waals surface area contributed by atoms with Gasteiger partial charge in [-0.25, -0.2) is 12.8 Å². The molecule has 4 atom stereocenters. The van der Waals surface area contributed by atoms with Crippen molar-refractivity contribution >= 4 is 21.6 Å². The van der Waals surface area contributed by atoms with Gasteiger partial charge in [0.05, 0.1) is 16.1 Å². The molecule has 2 fully saturated rings. The number of sulfonamides is 1. The average molecular weight is 417 g/mol. The number of fused-ring (bicyclic) bond motifs is 2. The summed E-state index contributed by atoms with van der Waals surface area (Å²) < 4.78 is 40.9. The van der Waals surface area contributed by atoms with E-state index in [1.165, 1.54) is 31.4 Å². The molecule has 29 heavy (non-hydrogen) atoms. The Hall–Kier alpha value is -2.41. The van der Waals surface area contributed by atoms with Gasteiger partial charge in [0.25, 0.3) is 15.9 Å². The lowest BCUT2D eigenvalue weighted by Gasteiger charge is -2.28. The van der Waals surface area contributed by atoms with Crippen LogP contribution in [0.15, 0.2) is 53.4 Å². The normalized spacial score (nSPS) is 24.3. The number of para-hydroxylation sites is 1. The van der Waals surface area contributed by atoms with Crippen LogP contribution in [0.1, 0.15) is 43.0 Å². The molecule has 7 heteroatoms. The van der Waals surface area contributed by atoms with Crippen LogP contribution in [0.4, 0.5) is 10.1 Å². The van der Waals surface area contributed by atoms with Crippen LogP contribution in [0.25, 0.3) is 0 Å². The van der Waals surface area contributed by atoms with Crippen LogP contribution in [0, 0.1) is 23.6 Å². The number of rotatable bonds is 6. The van der Waals surface area contributed by atoms with Crippen LogP contribution in [-0.4, -0.2) is 20.4 Å². The van der Waals surface area contributed by atoms with Crippen molar-refractivity contribution < 1.29 is 17.6 Å². The summed E-state index contributed by atoms with van der Waals surface area (Å²) in [7, 11) is -3.93. The van der Waals surface area contributed by atoms with Crippen LogP contribution in [-0.2, 0) is 10.0 Å². The zero-order valence-electron chi connectivity index (χ0n) is 16.3. The summed E-state index contributed by atoms with van der Waals surface area (Å²) in [6, 6.07) is 11.1. The molecule has 0 heterocycles. The number of carbonyl (C=O) groups is 1. The van der Waals surface area contributed by atoms with E-state index in [1.807, 2.05) is 6.92 Å². The summed E-state index contributed by atoms with van der Waals surface area (Å²) in [4.78, 5) is 12.8. The van der Waals surface area contributed by atoms with E-state index in [0.717, 1.165) is 24.5 Å². The molecule has 154 valence electrons. The van der Waals surface area contributed by atoms with Crippen molar-refractivity contribution in [3.05, 3.63) is 59.9 Å². The lowest BCUT2D eigenvalue weighted by Crippen LogP contribution is -2.40. The first kappa shape index (κ1) is 19.9. The van der Waals surface area contributed by atoms with E-state index in [0.29, 0.717) is 11.8 Å². The summed E-state index contributed by atoms with van der Waals surface area (Å²) in [5.74, 6) is 1.15. The highest BCUT2D eigenvalue weighted by Gasteiger charge is 2.42. The number of hydrogen-bond donors (Lipinski definition) is 2. The van der Waals surface area contributed by atoms with Crippen molar-refractivity contribution in [1.29, 1.82) is 0 Å². The minimum absolute atomic E-state index is 0.0413. The third-order valence-electron chi connectivity index (χ3n) is 6.33. The molecule has 0 aliphatic heterocycles. The first-order valence-corrected chi connectivity index (χ1v) is 11.5. The number of hydrogen-bond acceptors (Lipinski definition) is 3. The second kappa shape index (κ2) is 7.78. The maximum absolute atomic E-state index is 13.1. The molecule has 0 saturated heterocycles. The molecule has 2 aromatic carbocycles. The Balaban J connectivity index is 1.50. The summed E-state index contributed by atoms with van der Waals surface area (Å²) in [5, 5.41) is 3.07. The van der Waals surface area contributed by atoms with Crippen LogP contribution >= 0.6 is 0 Å². The van der Waals surface area contributed by atoms with Gasteiger partial charge in [-0.05, 0) is 80.3 Å². The minimum atomic E-state index is -3.93. The van der Waals surface area contributed by atoms with Crippen molar-refractivity contribution in [3.63, 3.8) is 0 Å². The number of carbonyl (C=O) groups excluding carboxylic acids is 1. The molecular weight excluding hydrogens is 391 g/mol. The second-order valence-corrected chi connectivity index (χ2v) is 9.89. The fraction of sp³-hybridized carbons (Fsp3) is 0.409. The molecule has 5 nitrogen and oxygen atoms in total. The quantitative estimate of drug-likeness (QED) is 0.742. The molecule has 0 unspecified atom stereocenters. The van der Waals surface area contributed by atoms with E-state index in [1.54, 1.807) is 24.3 Å². The summed E-state index contributed by atoms with van der Waals surface area (Å²) in [6.45, 7) is 2.04. The Morgan fingerprint density at radius 1 is 1.07 bits per heavy atom. The predicted octanol–water partition coefficient (Wildman–Crippen LogP) is 4.18. The third-order valence-corrected chi connectivity index (χ3v) is 7.72. The molecule has 2 bridgehead atoms. The van der Waals surface area contributed by atoms with Gasteiger partial charge in [0.2, 0.25) is 0 Å². The molecule has 2 N–H and O–H groups in total. The molecule has 0 aromatic heterocycles. The summed E-state index contributed by atoms with van der Waals surface area (Å²) in [6.07, 6.45) is 4.96. The Labute approximate surface area is 170 Å². The average Bonchev–Trinajstić information content (AvgIpc) is 3.32. The summed E-state index contributed by atoms with van der Waals surface area (Å²) in [5.41, 5.74) is 0.475. The van der Waals surface area contributed by atoms with Gasteiger partial charge in [-0.1, -0.05) is 18.6 Å². The van der Waals surface area contributed by atoms with Gasteiger partial charge in [0, 0.05) is 6.04 Å². The Kier molecular flexibility index (Phi) is 5.34. The van der Waals surface area contributed by atoms with Crippen LogP contribution in [0.2, 0.25) is 0 Å². The largest absolute Gasteiger partial charge is 0.349 e. The van der Waals surface area contributed by atoms with Crippen LogP contribution in [0.3, 0.4) is 0 Å². The van der Waals surface area contributed by atoms with Crippen molar-refractivity contribution in [3.8, 4) is 0 Å². The highest BCUT2D eigenvalue weighted by molar-refractivity contribution is 7.92. The molecule has 1 amide bonds. The van der Waals surface area contributed by atoms with E-state index in [4.69, 9.17) is 0 Å². The molecule has 0 spiro atoms.